The summed E-state index contributed by atoms with van der Waals surface area (Å²) in [6, 6.07) is 1.68. The highest BCUT2D eigenvalue weighted by Gasteiger charge is 2.26. The van der Waals surface area contributed by atoms with Gasteiger partial charge in [-0.2, -0.15) is 0 Å². The maximum absolute atomic E-state index is 11.2. The molecule has 3 heterocycles. The van der Waals surface area contributed by atoms with Crippen LogP contribution in [0, 0.1) is 17.0 Å². The normalized spacial score (nSPS) is 15.7. The topological polar surface area (TPSA) is 84.2 Å². The number of nitro groups is 1. The molecule has 1 fully saturated rings. The van der Waals surface area contributed by atoms with Crippen LogP contribution in [0.4, 0.5) is 16.6 Å². The molecule has 0 atom stereocenters. The lowest BCUT2D eigenvalue weighted by Gasteiger charge is -2.32. The first-order valence-electron chi connectivity index (χ1n) is 7.26. The highest BCUT2D eigenvalue weighted by molar-refractivity contribution is 7.13. The molecule has 0 bridgehead atoms. The van der Waals surface area contributed by atoms with Crippen molar-refractivity contribution in [1.29, 1.82) is 0 Å². The fourth-order valence-electron chi connectivity index (χ4n) is 2.63. The van der Waals surface area contributed by atoms with Crippen LogP contribution in [-0.4, -0.2) is 34.0 Å². The van der Waals surface area contributed by atoms with Gasteiger partial charge in [0.1, 0.15) is 0 Å². The number of piperidine rings is 1. The van der Waals surface area contributed by atoms with Crippen LogP contribution in [0.3, 0.4) is 0 Å². The van der Waals surface area contributed by atoms with E-state index in [1.807, 2.05) is 17.2 Å². The quantitative estimate of drug-likeness (QED) is 0.669. The fraction of sp³-hybridized carbons (Fsp3) is 0.429. The van der Waals surface area contributed by atoms with Gasteiger partial charge in [0.15, 0.2) is 5.13 Å². The van der Waals surface area contributed by atoms with E-state index in [2.05, 4.69) is 15.3 Å². The Morgan fingerprint density at radius 3 is 2.83 bits per heavy atom. The molecule has 0 aliphatic carbocycles. The minimum absolute atomic E-state index is 0.0422. The van der Waals surface area contributed by atoms with E-state index in [0.29, 0.717) is 24.9 Å². The zero-order valence-corrected chi connectivity index (χ0v) is 14.1. The van der Waals surface area contributed by atoms with Crippen LogP contribution in [0.1, 0.15) is 18.5 Å². The number of nitrogens with one attached hydrogen (secondary N) is 1. The van der Waals surface area contributed by atoms with Gasteiger partial charge in [0.25, 0.3) is 0 Å². The highest BCUT2D eigenvalue weighted by Crippen LogP contribution is 2.30. The number of anilines is 2. The second-order valence-corrected chi connectivity index (χ2v) is 6.75. The van der Waals surface area contributed by atoms with Crippen LogP contribution in [0.15, 0.2) is 17.6 Å². The van der Waals surface area contributed by atoms with E-state index in [0.717, 1.165) is 23.7 Å². The molecule has 0 unspecified atom stereocenters. The lowest BCUT2D eigenvalue weighted by Crippen LogP contribution is -2.39. The molecule has 0 aromatic carbocycles. The van der Waals surface area contributed by atoms with Gasteiger partial charge in [-0.05, 0) is 19.8 Å². The van der Waals surface area contributed by atoms with Crippen molar-refractivity contribution in [3.63, 3.8) is 0 Å². The van der Waals surface area contributed by atoms with Crippen LogP contribution in [0.25, 0.3) is 0 Å². The first-order chi connectivity index (χ1) is 11.0. The molecule has 1 saturated heterocycles. The van der Waals surface area contributed by atoms with Crippen molar-refractivity contribution in [3.8, 4) is 0 Å². The van der Waals surface area contributed by atoms with Crippen molar-refractivity contribution in [2.24, 2.45) is 0 Å². The largest absolute Gasteiger partial charge is 0.359 e. The number of hydrogen-bond donors (Lipinski definition) is 1. The zero-order chi connectivity index (χ0) is 16.4. The maximum atomic E-state index is 11.2. The third-order valence-corrected chi connectivity index (χ3v) is 4.85. The molecule has 2 aromatic rings. The zero-order valence-electron chi connectivity index (χ0n) is 12.5. The van der Waals surface area contributed by atoms with Crippen LogP contribution >= 0.6 is 22.9 Å². The summed E-state index contributed by atoms with van der Waals surface area (Å²) in [5.74, 6) is 0.392. The smallest absolute Gasteiger partial charge is 0.313 e. The number of aromatic nitrogens is 2. The van der Waals surface area contributed by atoms with Crippen molar-refractivity contribution in [1.82, 2.24) is 9.97 Å². The highest BCUT2D eigenvalue weighted by atomic mass is 35.5. The number of hydrogen-bond acceptors (Lipinski definition) is 7. The third kappa shape index (κ3) is 3.70. The monoisotopic (exact) mass is 353 g/mol. The van der Waals surface area contributed by atoms with Crippen molar-refractivity contribution in [2.45, 2.75) is 25.8 Å². The second kappa shape index (κ2) is 6.67. The molecule has 7 nitrogen and oxygen atoms in total. The SMILES string of the molecule is Cc1csc(NC2CCN(c3ncc(Cl)cc3[N+](=O)[O-])CC2)n1. The first-order valence-corrected chi connectivity index (χ1v) is 8.52. The van der Waals surface area contributed by atoms with Crippen molar-refractivity contribution < 1.29 is 4.92 Å². The van der Waals surface area contributed by atoms with E-state index in [4.69, 9.17) is 11.6 Å². The summed E-state index contributed by atoms with van der Waals surface area (Å²) in [6.45, 7) is 3.38. The van der Waals surface area contributed by atoms with E-state index in [1.54, 1.807) is 11.3 Å². The number of nitrogens with zero attached hydrogens (tertiary/aromatic N) is 4. The van der Waals surface area contributed by atoms with Gasteiger partial charge in [-0.25, -0.2) is 9.97 Å². The molecule has 3 rings (SSSR count). The summed E-state index contributed by atoms with van der Waals surface area (Å²) in [5.41, 5.74) is 0.968. The third-order valence-electron chi connectivity index (χ3n) is 3.75. The van der Waals surface area contributed by atoms with Gasteiger partial charge in [-0.1, -0.05) is 11.6 Å². The molecule has 2 aromatic heterocycles. The van der Waals surface area contributed by atoms with Gasteiger partial charge in [-0.15, -0.1) is 11.3 Å². The average Bonchev–Trinajstić information content (AvgIpc) is 2.93. The Kier molecular flexibility index (Phi) is 4.63. The Morgan fingerprint density at radius 1 is 1.48 bits per heavy atom. The van der Waals surface area contributed by atoms with Crippen molar-refractivity contribution >= 4 is 39.6 Å². The molecule has 1 N–H and O–H groups in total. The summed E-state index contributed by atoms with van der Waals surface area (Å²) < 4.78 is 0. The molecule has 0 amide bonds. The van der Waals surface area contributed by atoms with Gasteiger partial charge >= 0.3 is 5.69 Å². The van der Waals surface area contributed by atoms with Gasteiger partial charge in [0.05, 0.1) is 15.6 Å². The molecular formula is C14H16ClN5O2S. The van der Waals surface area contributed by atoms with Gasteiger partial charge in [0, 0.05) is 36.8 Å². The fourth-order valence-corrected chi connectivity index (χ4v) is 3.55. The number of pyridine rings is 1. The van der Waals surface area contributed by atoms with Crippen LogP contribution in [0.5, 0.6) is 0 Å². The summed E-state index contributed by atoms with van der Waals surface area (Å²) in [4.78, 5) is 21.3. The van der Waals surface area contributed by atoms with Crippen LogP contribution in [0.2, 0.25) is 5.02 Å². The lowest BCUT2D eigenvalue weighted by atomic mass is 10.1. The number of halogens is 1. The molecule has 0 radical (unpaired) electrons. The van der Waals surface area contributed by atoms with Crippen molar-refractivity contribution in [3.05, 3.63) is 38.5 Å². The summed E-state index contributed by atoms with van der Waals surface area (Å²) in [6.07, 6.45) is 3.20. The average molecular weight is 354 g/mol. The van der Waals surface area contributed by atoms with E-state index >= 15 is 0 Å². The van der Waals surface area contributed by atoms with Crippen LogP contribution < -0.4 is 10.2 Å². The maximum Gasteiger partial charge on any atom is 0.313 e. The van der Waals surface area contributed by atoms with E-state index in [1.165, 1.54) is 12.3 Å². The van der Waals surface area contributed by atoms with Gasteiger partial charge in [-0.3, -0.25) is 10.1 Å². The Hall–Kier alpha value is -1.93. The second-order valence-electron chi connectivity index (χ2n) is 5.45. The molecule has 0 spiro atoms. The van der Waals surface area contributed by atoms with Gasteiger partial charge in [0.2, 0.25) is 5.82 Å². The summed E-state index contributed by atoms with van der Waals surface area (Å²) in [5, 5.41) is 17.8. The molecule has 23 heavy (non-hydrogen) atoms. The predicted octanol–water partition coefficient (Wildman–Crippen LogP) is 3.49. The van der Waals surface area contributed by atoms with E-state index in [-0.39, 0.29) is 10.7 Å². The number of rotatable bonds is 4. The molecule has 0 saturated carbocycles. The minimum atomic E-state index is -0.434. The number of aryl methyl sites for hydroxylation is 1. The summed E-state index contributed by atoms with van der Waals surface area (Å²) in [7, 11) is 0. The first kappa shape index (κ1) is 15.9. The minimum Gasteiger partial charge on any atom is -0.359 e. The lowest BCUT2D eigenvalue weighted by molar-refractivity contribution is -0.384. The summed E-state index contributed by atoms with van der Waals surface area (Å²) >= 11 is 7.41. The molecule has 9 heteroatoms. The van der Waals surface area contributed by atoms with Gasteiger partial charge < -0.3 is 10.2 Å². The Morgan fingerprint density at radius 2 is 2.22 bits per heavy atom. The standard InChI is InChI=1S/C14H16ClN5O2S/c1-9-8-23-14(17-9)18-11-2-4-19(5-3-11)13-12(20(21)22)6-10(15)7-16-13/h6-8,11H,2-5H2,1H3,(H,17,18). The van der Waals surface area contributed by atoms with E-state index < -0.39 is 4.92 Å². The molecule has 122 valence electrons. The molecule has 1 aliphatic heterocycles. The molecule has 1 aliphatic rings. The Labute approximate surface area is 142 Å². The predicted molar refractivity (Wildman–Crippen MR) is 91.6 cm³/mol. The number of thiazole rings is 1. The van der Waals surface area contributed by atoms with Crippen molar-refractivity contribution in [2.75, 3.05) is 23.3 Å². The molecular weight excluding hydrogens is 338 g/mol. The Bertz CT molecular complexity index is 715. The Balaban J connectivity index is 1.66. The van der Waals surface area contributed by atoms with E-state index in [9.17, 15) is 10.1 Å². The van der Waals surface area contributed by atoms with Crippen LogP contribution in [-0.2, 0) is 0 Å².